The standard InChI is InChI=1S/C23H21ClN2O3/c1-13-4-6-17(7-5-13)21-20(15(3)27)14(2)25-22(28)23(21)12-19(26-29-23)16-8-10-18(24)11-9-16/h4-11,21H,12H2,1-3H3,(H,25,28)/t21-,23+/m0/s1. The van der Waals surface area contributed by atoms with Gasteiger partial charge in [-0.25, -0.2) is 0 Å². The third-order valence-electron chi connectivity index (χ3n) is 5.56. The lowest BCUT2D eigenvalue weighted by Gasteiger charge is -2.39. The first kappa shape index (κ1) is 19.4. The van der Waals surface area contributed by atoms with Crippen molar-refractivity contribution in [3.63, 3.8) is 0 Å². The minimum atomic E-state index is -1.31. The smallest absolute Gasteiger partial charge is 0.272 e. The van der Waals surface area contributed by atoms with Gasteiger partial charge in [-0.15, -0.1) is 0 Å². The normalized spacial score (nSPS) is 23.7. The van der Waals surface area contributed by atoms with Crippen LogP contribution in [0.4, 0.5) is 0 Å². The predicted octanol–water partition coefficient (Wildman–Crippen LogP) is 4.29. The van der Waals surface area contributed by atoms with Crippen molar-refractivity contribution in [2.75, 3.05) is 0 Å². The molecule has 0 radical (unpaired) electrons. The number of amides is 1. The third kappa shape index (κ3) is 3.25. The molecule has 2 aromatic rings. The molecule has 1 amide bonds. The second-order valence-corrected chi connectivity index (χ2v) is 8.03. The van der Waals surface area contributed by atoms with Gasteiger partial charge in [-0.2, -0.15) is 0 Å². The molecule has 29 heavy (non-hydrogen) atoms. The lowest BCUT2D eigenvalue weighted by molar-refractivity contribution is -0.147. The molecule has 0 bridgehead atoms. The Bertz CT molecular complexity index is 1050. The van der Waals surface area contributed by atoms with Crippen LogP contribution in [0.3, 0.4) is 0 Å². The Morgan fingerprint density at radius 3 is 2.41 bits per heavy atom. The van der Waals surface area contributed by atoms with Crippen molar-refractivity contribution in [3.05, 3.63) is 81.5 Å². The Labute approximate surface area is 174 Å². The molecule has 2 heterocycles. The number of rotatable bonds is 3. The molecule has 2 aliphatic rings. The van der Waals surface area contributed by atoms with E-state index in [1.807, 2.05) is 43.3 Å². The van der Waals surface area contributed by atoms with Gasteiger partial charge in [0.1, 0.15) is 0 Å². The first-order valence-corrected chi connectivity index (χ1v) is 9.80. The number of hydrogen-bond donors (Lipinski definition) is 1. The second kappa shape index (κ2) is 7.16. The molecule has 4 rings (SSSR count). The van der Waals surface area contributed by atoms with E-state index in [-0.39, 0.29) is 18.1 Å². The molecule has 0 aliphatic carbocycles. The number of aryl methyl sites for hydroxylation is 1. The van der Waals surface area contributed by atoms with Crippen LogP contribution in [0.2, 0.25) is 5.02 Å². The maximum Gasteiger partial charge on any atom is 0.272 e. The Kier molecular flexibility index (Phi) is 4.79. The predicted molar refractivity (Wildman–Crippen MR) is 112 cm³/mol. The number of allylic oxidation sites excluding steroid dienone is 1. The molecule has 0 fully saturated rings. The molecular formula is C23H21ClN2O3. The average molecular weight is 409 g/mol. The molecule has 1 N–H and O–H groups in total. The summed E-state index contributed by atoms with van der Waals surface area (Å²) in [5, 5.41) is 7.71. The number of oxime groups is 1. The van der Waals surface area contributed by atoms with Gasteiger partial charge in [0.2, 0.25) is 5.60 Å². The lowest BCUT2D eigenvalue weighted by Crippen LogP contribution is -2.55. The zero-order valence-electron chi connectivity index (χ0n) is 16.5. The molecule has 6 heteroatoms. The van der Waals surface area contributed by atoms with E-state index in [4.69, 9.17) is 16.4 Å². The molecule has 0 saturated carbocycles. The lowest BCUT2D eigenvalue weighted by atomic mass is 9.70. The van der Waals surface area contributed by atoms with Gasteiger partial charge >= 0.3 is 0 Å². The summed E-state index contributed by atoms with van der Waals surface area (Å²) in [4.78, 5) is 31.7. The monoisotopic (exact) mass is 408 g/mol. The van der Waals surface area contributed by atoms with E-state index in [1.54, 1.807) is 19.1 Å². The van der Waals surface area contributed by atoms with Crippen molar-refractivity contribution in [1.82, 2.24) is 5.32 Å². The van der Waals surface area contributed by atoms with Crippen molar-refractivity contribution in [1.29, 1.82) is 0 Å². The van der Waals surface area contributed by atoms with Crippen LogP contribution >= 0.6 is 11.6 Å². The number of benzene rings is 2. The maximum atomic E-state index is 13.2. The van der Waals surface area contributed by atoms with E-state index in [0.717, 1.165) is 16.7 Å². The van der Waals surface area contributed by atoms with Crippen LogP contribution in [-0.4, -0.2) is 23.0 Å². The van der Waals surface area contributed by atoms with E-state index in [0.29, 0.717) is 22.0 Å². The molecule has 0 unspecified atom stereocenters. The number of nitrogens with zero attached hydrogens (tertiary/aromatic N) is 1. The minimum Gasteiger partial charge on any atom is -0.377 e. The fourth-order valence-electron chi connectivity index (χ4n) is 4.11. The number of halogens is 1. The average Bonchev–Trinajstić information content (AvgIpc) is 3.12. The van der Waals surface area contributed by atoms with Crippen molar-refractivity contribution in [2.45, 2.75) is 38.7 Å². The van der Waals surface area contributed by atoms with Gasteiger partial charge in [0.25, 0.3) is 5.91 Å². The highest BCUT2D eigenvalue weighted by molar-refractivity contribution is 6.30. The van der Waals surface area contributed by atoms with Crippen LogP contribution in [-0.2, 0) is 14.4 Å². The zero-order chi connectivity index (χ0) is 20.8. The van der Waals surface area contributed by atoms with Crippen LogP contribution in [0, 0.1) is 6.92 Å². The Hall–Kier alpha value is -2.92. The van der Waals surface area contributed by atoms with Crippen LogP contribution in [0.5, 0.6) is 0 Å². The fraction of sp³-hybridized carbons (Fsp3) is 0.261. The highest BCUT2D eigenvalue weighted by Gasteiger charge is 2.58. The molecule has 2 aromatic carbocycles. The van der Waals surface area contributed by atoms with E-state index < -0.39 is 11.5 Å². The van der Waals surface area contributed by atoms with E-state index in [1.165, 1.54) is 6.92 Å². The van der Waals surface area contributed by atoms with Crippen LogP contribution < -0.4 is 5.32 Å². The van der Waals surface area contributed by atoms with Crippen LogP contribution in [0.25, 0.3) is 0 Å². The summed E-state index contributed by atoms with van der Waals surface area (Å²) in [6.07, 6.45) is 0.253. The van der Waals surface area contributed by atoms with Crippen molar-refractivity contribution in [3.8, 4) is 0 Å². The Morgan fingerprint density at radius 1 is 1.14 bits per heavy atom. The van der Waals surface area contributed by atoms with Crippen LogP contribution in [0.1, 0.15) is 42.9 Å². The molecule has 2 aliphatic heterocycles. The summed E-state index contributed by atoms with van der Waals surface area (Å²) in [6.45, 7) is 5.26. The largest absolute Gasteiger partial charge is 0.377 e. The van der Waals surface area contributed by atoms with Gasteiger partial charge < -0.3 is 10.2 Å². The summed E-state index contributed by atoms with van der Waals surface area (Å²) in [6, 6.07) is 15.1. The van der Waals surface area contributed by atoms with Crippen molar-refractivity contribution >= 4 is 29.0 Å². The quantitative estimate of drug-likeness (QED) is 0.823. The van der Waals surface area contributed by atoms with Crippen molar-refractivity contribution < 1.29 is 14.4 Å². The molecule has 1 spiro atoms. The van der Waals surface area contributed by atoms with Crippen LogP contribution in [0.15, 0.2) is 65.0 Å². The SMILES string of the molecule is CC(=O)C1=C(C)NC(=O)[C@@]2(CC(c3ccc(Cl)cc3)=NO2)[C@H]1c1ccc(C)cc1. The van der Waals surface area contributed by atoms with Gasteiger partial charge in [-0.1, -0.05) is 58.7 Å². The van der Waals surface area contributed by atoms with Gasteiger partial charge in [0.05, 0.1) is 11.6 Å². The summed E-state index contributed by atoms with van der Waals surface area (Å²) in [7, 11) is 0. The highest BCUT2D eigenvalue weighted by atomic mass is 35.5. The first-order chi connectivity index (χ1) is 13.8. The molecule has 0 saturated heterocycles. The Balaban J connectivity index is 1.82. The summed E-state index contributed by atoms with van der Waals surface area (Å²) in [5.41, 5.74) is 3.21. The van der Waals surface area contributed by atoms with Gasteiger partial charge in [0.15, 0.2) is 5.78 Å². The molecule has 0 aromatic heterocycles. The highest BCUT2D eigenvalue weighted by Crippen LogP contribution is 2.47. The van der Waals surface area contributed by atoms with E-state index >= 15 is 0 Å². The fourth-order valence-corrected chi connectivity index (χ4v) is 4.24. The maximum absolute atomic E-state index is 13.2. The first-order valence-electron chi connectivity index (χ1n) is 9.42. The Morgan fingerprint density at radius 2 is 1.79 bits per heavy atom. The van der Waals surface area contributed by atoms with Gasteiger partial charge in [-0.05, 0) is 44.0 Å². The number of hydrogen-bond acceptors (Lipinski definition) is 4. The summed E-state index contributed by atoms with van der Waals surface area (Å²) >= 11 is 5.99. The number of ketones is 1. The number of carbonyl (C=O) groups is 2. The number of nitrogens with one attached hydrogen (secondary N) is 1. The van der Waals surface area contributed by atoms with Gasteiger partial charge in [-0.3, -0.25) is 9.59 Å². The molecular weight excluding hydrogens is 388 g/mol. The second-order valence-electron chi connectivity index (χ2n) is 7.60. The summed E-state index contributed by atoms with van der Waals surface area (Å²) in [5.74, 6) is -0.947. The van der Waals surface area contributed by atoms with E-state index in [2.05, 4.69) is 10.5 Å². The van der Waals surface area contributed by atoms with Crippen molar-refractivity contribution in [2.24, 2.45) is 5.16 Å². The third-order valence-corrected chi connectivity index (χ3v) is 5.81. The summed E-state index contributed by atoms with van der Waals surface area (Å²) < 4.78 is 0. The molecule has 2 atom stereocenters. The molecule has 5 nitrogen and oxygen atoms in total. The van der Waals surface area contributed by atoms with E-state index in [9.17, 15) is 9.59 Å². The molecule has 148 valence electrons. The van der Waals surface area contributed by atoms with Gasteiger partial charge in [0, 0.05) is 22.7 Å². The topological polar surface area (TPSA) is 67.8 Å². The minimum absolute atomic E-state index is 0.101. The zero-order valence-corrected chi connectivity index (χ0v) is 17.2. The number of carbonyl (C=O) groups excluding carboxylic acids is 2. The number of Topliss-reactive ketones (excluding diaryl/α,β-unsaturated/α-hetero) is 1.